The fraction of sp³-hybridized carbons (Fsp3) is 0.314. The van der Waals surface area contributed by atoms with E-state index in [-0.39, 0.29) is 22.5 Å². The largest absolute Gasteiger partial charge is 0.505 e. The minimum absolute atomic E-state index is 0.0633. The number of unbranched alkanes of at least 4 members (excludes halogenated alkanes) is 2. The van der Waals surface area contributed by atoms with Crippen molar-refractivity contribution >= 4 is 17.1 Å². The van der Waals surface area contributed by atoms with E-state index in [0.29, 0.717) is 11.6 Å². The number of halogens is 3. The van der Waals surface area contributed by atoms with Gasteiger partial charge in [-0.25, -0.2) is 0 Å². The van der Waals surface area contributed by atoms with Crippen LogP contribution in [0.4, 0.5) is 30.2 Å². The van der Waals surface area contributed by atoms with Gasteiger partial charge in [-0.3, -0.25) is 10.1 Å². The number of rotatable bonds is 11. The Balaban J connectivity index is 1.96. The molecule has 0 saturated carbocycles. The molecule has 0 aliphatic carbocycles. The second kappa shape index (κ2) is 13.0. The Morgan fingerprint density at radius 2 is 1.32 bits per heavy atom. The van der Waals surface area contributed by atoms with Gasteiger partial charge < -0.3 is 5.11 Å². The lowest BCUT2D eigenvalue weighted by atomic mass is 9.68. The molecular weight excluding hydrogens is 567 g/mol. The first kappa shape index (κ1) is 32.4. The molecule has 0 aliphatic rings. The van der Waals surface area contributed by atoms with Crippen molar-refractivity contribution in [2.75, 3.05) is 0 Å². The molecule has 0 spiro atoms. The van der Waals surface area contributed by atoms with E-state index < -0.39 is 27.8 Å². The molecule has 230 valence electrons. The highest BCUT2D eigenvalue weighted by atomic mass is 19.4. The molecule has 0 radical (unpaired) electrons. The lowest BCUT2D eigenvalue weighted by Crippen LogP contribution is -2.27. The Morgan fingerprint density at radius 3 is 1.84 bits per heavy atom. The van der Waals surface area contributed by atoms with Gasteiger partial charge in [0.2, 0.25) is 0 Å². The standard InChI is InChI=1S/C35H36F3N3O3/c1-5-6-13-20-33(2,3)27-21-28(34(4,24-14-9-7-10-15-24)25-16-11-8-12-17-25)32(42)30(22-27)40-39-29-19-18-26(35(36,37)38)23-31(29)41(43)44/h7-12,14-19,21-23,42H,5-6,13,20H2,1-4H3. The van der Waals surface area contributed by atoms with Gasteiger partial charge in [-0.15, -0.1) is 10.2 Å². The second-order valence-corrected chi connectivity index (χ2v) is 11.7. The molecule has 0 unspecified atom stereocenters. The Kier molecular flexibility index (Phi) is 9.56. The summed E-state index contributed by atoms with van der Waals surface area (Å²) in [5.41, 5.74) is -0.180. The van der Waals surface area contributed by atoms with Crippen LogP contribution in [0.5, 0.6) is 5.75 Å². The predicted octanol–water partition coefficient (Wildman–Crippen LogP) is 10.9. The fourth-order valence-electron chi connectivity index (χ4n) is 5.49. The van der Waals surface area contributed by atoms with Crippen molar-refractivity contribution in [1.82, 2.24) is 0 Å². The van der Waals surface area contributed by atoms with Crippen LogP contribution in [-0.4, -0.2) is 10.0 Å². The maximum Gasteiger partial charge on any atom is 0.416 e. The number of nitro benzene ring substituents is 1. The van der Waals surface area contributed by atoms with Crippen molar-refractivity contribution < 1.29 is 23.2 Å². The van der Waals surface area contributed by atoms with Crippen molar-refractivity contribution in [2.24, 2.45) is 10.2 Å². The van der Waals surface area contributed by atoms with Gasteiger partial charge in [0.1, 0.15) is 11.4 Å². The highest BCUT2D eigenvalue weighted by Crippen LogP contribution is 2.49. The van der Waals surface area contributed by atoms with E-state index >= 15 is 0 Å². The van der Waals surface area contributed by atoms with Crippen molar-refractivity contribution in [2.45, 2.75) is 70.4 Å². The molecule has 44 heavy (non-hydrogen) atoms. The minimum atomic E-state index is -4.76. The average Bonchev–Trinajstić information content (AvgIpc) is 3.00. The fourth-order valence-corrected chi connectivity index (χ4v) is 5.49. The molecule has 6 nitrogen and oxygen atoms in total. The lowest BCUT2D eigenvalue weighted by molar-refractivity contribution is -0.384. The van der Waals surface area contributed by atoms with Gasteiger partial charge in [-0.05, 0) is 53.6 Å². The first-order valence-corrected chi connectivity index (χ1v) is 14.6. The van der Waals surface area contributed by atoms with Crippen LogP contribution in [0.15, 0.2) is 101 Å². The van der Waals surface area contributed by atoms with E-state index in [2.05, 4.69) is 31.0 Å². The zero-order valence-corrected chi connectivity index (χ0v) is 25.2. The third kappa shape index (κ3) is 6.82. The third-order valence-corrected chi connectivity index (χ3v) is 8.28. The van der Waals surface area contributed by atoms with Gasteiger partial charge in [0, 0.05) is 17.0 Å². The maximum atomic E-state index is 13.3. The molecule has 0 aliphatic heterocycles. The smallest absolute Gasteiger partial charge is 0.416 e. The van der Waals surface area contributed by atoms with Crippen molar-refractivity contribution in [3.8, 4) is 5.75 Å². The average molecular weight is 604 g/mol. The van der Waals surface area contributed by atoms with Crippen molar-refractivity contribution in [1.29, 1.82) is 0 Å². The van der Waals surface area contributed by atoms with E-state index in [0.717, 1.165) is 54.5 Å². The molecule has 0 saturated heterocycles. The van der Waals surface area contributed by atoms with E-state index in [1.165, 1.54) is 0 Å². The predicted molar refractivity (Wildman–Crippen MR) is 166 cm³/mol. The number of phenolic OH excluding ortho intramolecular Hbond substituents is 1. The van der Waals surface area contributed by atoms with Crippen LogP contribution in [0.25, 0.3) is 0 Å². The van der Waals surface area contributed by atoms with Gasteiger partial charge in [0.05, 0.1) is 10.5 Å². The van der Waals surface area contributed by atoms with E-state index in [9.17, 15) is 28.4 Å². The zero-order valence-electron chi connectivity index (χ0n) is 25.2. The normalized spacial score (nSPS) is 12.5. The quantitative estimate of drug-likeness (QED) is 0.0608. The summed E-state index contributed by atoms with van der Waals surface area (Å²) in [7, 11) is 0. The number of azo groups is 1. The molecule has 0 aromatic heterocycles. The molecule has 0 bridgehead atoms. The molecule has 0 fully saturated rings. The zero-order chi connectivity index (χ0) is 32.1. The second-order valence-electron chi connectivity index (χ2n) is 11.7. The summed E-state index contributed by atoms with van der Waals surface area (Å²) >= 11 is 0. The number of hydrogen-bond acceptors (Lipinski definition) is 5. The Hall–Kier alpha value is -4.53. The lowest BCUT2D eigenvalue weighted by Gasteiger charge is -2.35. The number of benzene rings is 4. The topological polar surface area (TPSA) is 88.1 Å². The molecule has 4 aromatic carbocycles. The van der Waals surface area contributed by atoms with Crippen LogP contribution < -0.4 is 0 Å². The van der Waals surface area contributed by atoms with Gasteiger partial charge in [-0.1, -0.05) is 107 Å². The van der Waals surface area contributed by atoms with E-state index in [1.54, 1.807) is 6.07 Å². The number of hydrogen-bond donors (Lipinski definition) is 1. The SMILES string of the molecule is CCCCCC(C)(C)c1cc(N=Nc2ccc(C(F)(F)F)cc2[N+](=O)[O-])c(O)c(C(C)(c2ccccc2)c2ccccc2)c1. The van der Waals surface area contributed by atoms with Gasteiger partial charge in [-0.2, -0.15) is 13.2 Å². The highest BCUT2D eigenvalue weighted by molar-refractivity contribution is 5.66. The summed E-state index contributed by atoms with van der Waals surface area (Å²) < 4.78 is 39.8. The van der Waals surface area contributed by atoms with Crippen LogP contribution >= 0.6 is 0 Å². The van der Waals surface area contributed by atoms with Crippen LogP contribution in [0, 0.1) is 10.1 Å². The summed E-state index contributed by atoms with van der Waals surface area (Å²) in [6, 6.07) is 25.3. The van der Waals surface area contributed by atoms with Gasteiger partial charge in [0.25, 0.3) is 5.69 Å². The summed E-state index contributed by atoms with van der Waals surface area (Å²) in [6.07, 6.45) is -0.792. The monoisotopic (exact) mass is 603 g/mol. The Bertz CT molecular complexity index is 1600. The number of phenols is 1. The first-order valence-electron chi connectivity index (χ1n) is 14.6. The molecule has 4 aromatic rings. The first-order chi connectivity index (χ1) is 20.8. The summed E-state index contributed by atoms with van der Waals surface area (Å²) in [5, 5.41) is 31.7. The molecule has 0 heterocycles. The van der Waals surface area contributed by atoms with Crippen molar-refractivity contribution in [3.05, 3.63) is 129 Å². The summed E-state index contributed by atoms with van der Waals surface area (Å²) in [5.74, 6) is -0.174. The molecule has 9 heteroatoms. The van der Waals surface area contributed by atoms with Crippen LogP contribution in [-0.2, 0) is 17.0 Å². The Labute approximate surface area is 255 Å². The van der Waals surface area contributed by atoms with Gasteiger partial charge >= 0.3 is 6.18 Å². The van der Waals surface area contributed by atoms with Gasteiger partial charge in [0.15, 0.2) is 5.69 Å². The molecule has 0 amide bonds. The van der Waals surface area contributed by atoms with Crippen LogP contribution in [0.3, 0.4) is 0 Å². The molecule has 0 atom stereocenters. The maximum absolute atomic E-state index is 13.3. The Morgan fingerprint density at radius 1 is 0.750 bits per heavy atom. The van der Waals surface area contributed by atoms with Crippen LogP contribution in [0.1, 0.15) is 81.2 Å². The molecule has 4 rings (SSSR count). The van der Waals surface area contributed by atoms with Crippen LogP contribution in [0.2, 0.25) is 0 Å². The van der Waals surface area contributed by atoms with Crippen molar-refractivity contribution in [3.63, 3.8) is 0 Å². The number of alkyl halides is 3. The third-order valence-electron chi connectivity index (χ3n) is 8.28. The summed E-state index contributed by atoms with van der Waals surface area (Å²) in [6.45, 7) is 8.38. The minimum Gasteiger partial charge on any atom is -0.505 e. The molecular formula is C35H36F3N3O3. The summed E-state index contributed by atoms with van der Waals surface area (Å²) in [4.78, 5) is 10.7. The van der Waals surface area contributed by atoms with E-state index in [1.807, 2.05) is 73.7 Å². The molecule has 1 N–H and O–H groups in total. The number of aromatic hydroxyl groups is 1. The number of nitrogens with zero attached hydrogens (tertiary/aromatic N) is 3. The van der Waals surface area contributed by atoms with E-state index in [4.69, 9.17) is 0 Å². The number of nitro groups is 1. The highest BCUT2D eigenvalue weighted by Gasteiger charge is 2.37.